The van der Waals surface area contributed by atoms with Crippen molar-refractivity contribution in [2.24, 2.45) is 5.92 Å². The molecular weight excluding hydrogens is 286 g/mol. The third kappa shape index (κ3) is 4.55. The van der Waals surface area contributed by atoms with E-state index in [9.17, 15) is 0 Å². The Morgan fingerprint density at radius 1 is 1.24 bits per heavy atom. The van der Waals surface area contributed by atoms with Gasteiger partial charge >= 0.3 is 0 Å². The van der Waals surface area contributed by atoms with E-state index in [0.717, 1.165) is 24.9 Å². The molecule has 0 fully saturated rings. The summed E-state index contributed by atoms with van der Waals surface area (Å²) >= 11 is 5.88. The maximum Gasteiger partial charge on any atom is 0.228 e. The molecule has 0 amide bonds. The molecule has 0 saturated heterocycles. The van der Waals surface area contributed by atoms with Gasteiger partial charge in [-0.15, -0.1) is 0 Å². The van der Waals surface area contributed by atoms with Crippen molar-refractivity contribution in [3.8, 4) is 11.4 Å². The number of hydrogen-bond acceptors (Lipinski definition) is 4. The zero-order valence-corrected chi connectivity index (χ0v) is 13.5. The molecule has 0 saturated carbocycles. The average molecular weight is 308 g/mol. The van der Waals surface area contributed by atoms with Crippen LogP contribution >= 0.6 is 11.6 Å². The van der Waals surface area contributed by atoms with Gasteiger partial charge in [0, 0.05) is 23.0 Å². The molecule has 0 bridgehead atoms. The third-order valence-electron chi connectivity index (χ3n) is 3.43. The molecule has 0 radical (unpaired) electrons. The topological polar surface area (TPSA) is 51.0 Å². The van der Waals surface area contributed by atoms with Crippen LogP contribution in [0, 0.1) is 5.92 Å². The van der Waals surface area contributed by atoms with Crippen LogP contribution < -0.4 is 5.32 Å². The Bertz CT molecular complexity index is 551. The molecule has 2 rings (SSSR count). The Morgan fingerprint density at radius 2 is 1.95 bits per heavy atom. The van der Waals surface area contributed by atoms with Crippen molar-refractivity contribution in [1.29, 1.82) is 0 Å². The highest BCUT2D eigenvalue weighted by molar-refractivity contribution is 6.30. The van der Waals surface area contributed by atoms with Gasteiger partial charge in [-0.3, -0.25) is 0 Å². The molecule has 114 valence electrons. The molecule has 1 N–H and O–H groups in total. The SMILES string of the molecule is CCCNC(Cc1nc(-c2ccc(Cl)cc2)no1)C(C)C. The summed E-state index contributed by atoms with van der Waals surface area (Å²) in [7, 11) is 0. The standard InChI is InChI=1S/C16H22ClN3O/c1-4-9-18-14(11(2)3)10-15-19-16(20-21-15)12-5-7-13(17)8-6-12/h5-8,11,14,18H,4,9-10H2,1-3H3. The van der Waals surface area contributed by atoms with Gasteiger partial charge in [-0.2, -0.15) is 4.98 Å². The first-order chi connectivity index (χ1) is 10.1. The van der Waals surface area contributed by atoms with Crippen molar-refractivity contribution >= 4 is 11.6 Å². The zero-order valence-electron chi connectivity index (χ0n) is 12.8. The summed E-state index contributed by atoms with van der Waals surface area (Å²) in [6.45, 7) is 7.56. The Hall–Kier alpha value is -1.39. The van der Waals surface area contributed by atoms with Crippen molar-refractivity contribution in [1.82, 2.24) is 15.5 Å². The number of nitrogens with one attached hydrogen (secondary N) is 1. The maximum absolute atomic E-state index is 5.88. The third-order valence-corrected chi connectivity index (χ3v) is 3.68. The molecule has 21 heavy (non-hydrogen) atoms. The largest absolute Gasteiger partial charge is 0.339 e. The molecule has 0 spiro atoms. The average Bonchev–Trinajstić information content (AvgIpc) is 2.92. The van der Waals surface area contributed by atoms with Crippen molar-refractivity contribution in [2.75, 3.05) is 6.54 Å². The van der Waals surface area contributed by atoms with Crippen molar-refractivity contribution < 1.29 is 4.52 Å². The van der Waals surface area contributed by atoms with Crippen LogP contribution in [0.1, 0.15) is 33.1 Å². The zero-order chi connectivity index (χ0) is 15.2. The van der Waals surface area contributed by atoms with Crippen molar-refractivity contribution in [3.05, 3.63) is 35.2 Å². The van der Waals surface area contributed by atoms with E-state index in [0.29, 0.717) is 28.7 Å². The Labute approximate surface area is 130 Å². The molecule has 1 aromatic heterocycles. The van der Waals surface area contributed by atoms with Crippen LogP contribution in [0.15, 0.2) is 28.8 Å². The first-order valence-corrected chi connectivity index (χ1v) is 7.80. The van der Waals surface area contributed by atoms with Crippen LogP contribution in [0.3, 0.4) is 0 Å². The van der Waals surface area contributed by atoms with Crippen LogP contribution in [0.4, 0.5) is 0 Å². The molecule has 1 atom stereocenters. The van der Waals surface area contributed by atoms with Gasteiger partial charge in [-0.05, 0) is 43.1 Å². The molecule has 5 heteroatoms. The fraction of sp³-hybridized carbons (Fsp3) is 0.500. The molecular formula is C16H22ClN3O. The smallest absolute Gasteiger partial charge is 0.228 e. The van der Waals surface area contributed by atoms with E-state index in [4.69, 9.17) is 16.1 Å². The maximum atomic E-state index is 5.88. The fourth-order valence-corrected chi connectivity index (χ4v) is 2.24. The minimum Gasteiger partial charge on any atom is -0.339 e. The molecule has 2 aromatic rings. The molecule has 4 nitrogen and oxygen atoms in total. The monoisotopic (exact) mass is 307 g/mol. The Balaban J connectivity index is 2.06. The van der Waals surface area contributed by atoms with E-state index in [-0.39, 0.29) is 0 Å². The van der Waals surface area contributed by atoms with Crippen LogP contribution in [-0.2, 0) is 6.42 Å². The molecule has 0 aliphatic rings. The summed E-state index contributed by atoms with van der Waals surface area (Å²) in [5.41, 5.74) is 0.914. The van der Waals surface area contributed by atoms with Crippen LogP contribution in [0.5, 0.6) is 0 Å². The first kappa shape index (κ1) is 16.0. The summed E-state index contributed by atoms with van der Waals surface area (Å²) in [6.07, 6.45) is 1.86. The summed E-state index contributed by atoms with van der Waals surface area (Å²) < 4.78 is 5.38. The molecule has 1 heterocycles. The van der Waals surface area contributed by atoms with Crippen LogP contribution in [0.25, 0.3) is 11.4 Å². The minimum atomic E-state index is 0.350. The summed E-state index contributed by atoms with van der Waals surface area (Å²) in [4.78, 5) is 4.48. The number of hydrogen-bond donors (Lipinski definition) is 1. The van der Waals surface area contributed by atoms with Gasteiger partial charge in [-0.25, -0.2) is 0 Å². The number of aromatic nitrogens is 2. The number of nitrogens with zero attached hydrogens (tertiary/aromatic N) is 2. The van der Waals surface area contributed by atoms with E-state index >= 15 is 0 Å². The van der Waals surface area contributed by atoms with Gasteiger partial charge in [0.15, 0.2) is 0 Å². The van der Waals surface area contributed by atoms with Crippen molar-refractivity contribution in [2.45, 2.75) is 39.7 Å². The lowest BCUT2D eigenvalue weighted by molar-refractivity contribution is 0.326. The van der Waals surface area contributed by atoms with Gasteiger partial charge in [0.2, 0.25) is 11.7 Å². The van der Waals surface area contributed by atoms with E-state index < -0.39 is 0 Å². The van der Waals surface area contributed by atoms with E-state index in [1.165, 1.54) is 0 Å². The highest BCUT2D eigenvalue weighted by Crippen LogP contribution is 2.19. The van der Waals surface area contributed by atoms with Gasteiger partial charge in [0.1, 0.15) is 0 Å². The second kappa shape index (κ2) is 7.57. The number of rotatable bonds is 7. The summed E-state index contributed by atoms with van der Waals surface area (Å²) in [6, 6.07) is 7.79. The quantitative estimate of drug-likeness (QED) is 0.841. The lowest BCUT2D eigenvalue weighted by Gasteiger charge is -2.20. The number of halogens is 1. The normalized spacial score (nSPS) is 12.8. The predicted molar refractivity (Wildman–Crippen MR) is 85.4 cm³/mol. The minimum absolute atomic E-state index is 0.350. The number of benzene rings is 1. The van der Waals surface area contributed by atoms with E-state index in [2.05, 4.69) is 36.2 Å². The fourth-order valence-electron chi connectivity index (χ4n) is 2.12. The van der Waals surface area contributed by atoms with Gasteiger partial charge in [0.25, 0.3) is 0 Å². The lowest BCUT2D eigenvalue weighted by atomic mass is 10.0. The lowest BCUT2D eigenvalue weighted by Crippen LogP contribution is -2.36. The molecule has 0 aliphatic heterocycles. The molecule has 1 aromatic carbocycles. The first-order valence-electron chi connectivity index (χ1n) is 7.42. The van der Waals surface area contributed by atoms with Crippen LogP contribution in [0.2, 0.25) is 5.02 Å². The second-order valence-corrected chi connectivity index (χ2v) is 5.96. The molecule has 1 unspecified atom stereocenters. The van der Waals surface area contributed by atoms with Crippen molar-refractivity contribution in [3.63, 3.8) is 0 Å². The van der Waals surface area contributed by atoms with E-state index in [1.807, 2.05) is 24.3 Å². The van der Waals surface area contributed by atoms with Gasteiger partial charge in [-0.1, -0.05) is 37.5 Å². The summed E-state index contributed by atoms with van der Waals surface area (Å²) in [5.74, 6) is 1.80. The Kier molecular flexibility index (Phi) is 5.76. The second-order valence-electron chi connectivity index (χ2n) is 5.53. The van der Waals surface area contributed by atoms with Gasteiger partial charge in [0.05, 0.1) is 0 Å². The summed E-state index contributed by atoms with van der Waals surface area (Å²) in [5, 5.41) is 8.28. The highest BCUT2D eigenvalue weighted by Gasteiger charge is 2.17. The predicted octanol–water partition coefficient (Wildman–Crippen LogP) is 3.96. The highest BCUT2D eigenvalue weighted by atomic mass is 35.5. The van der Waals surface area contributed by atoms with E-state index in [1.54, 1.807) is 0 Å². The van der Waals surface area contributed by atoms with Gasteiger partial charge < -0.3 is 9.84 Å². The molecule has 0 aliphatic carbocycles. The van der Waals surface area contributed by atoms with Crippen LogP contribution in [-0.4, -0.2) is 22.7 Å². The Morgan fingerprint density at radius 3 is 2.57 bits per heavy atom.